The highest BCUT2D eigenvalue weighted by molar-refractivity contribution is 5.77. The highest BCUT2D eigenvalue weighted by atomic mass is 19.1. The quantitative estimate of drug-likeness (QED) is 0.569. The van der Waals surface area contributed by atoms with Gasteiger partial charge in [-0.3, -0.25) is 4.99 Å². The van der Waals surface area contributed by atoms with Crippen LogP contribution in [0.15, 0.2) is 29.3 Å². The molecule has 0 amide bonds. The second-order valence-electron chi connectivity index (χ2n) is 3.03. The van der Waals surface area contributed by atoms with Gasteiger partial charge in [0, 0.05) is 26.2 Å². The van der Waals surface area contributed by atoms with Crippen LogP contribution in [0.1, 0.15) is 5.56 Å². The summed E-state index contributed by atoms with van der Waals surface area (Å²) in [6, 6.07) is 6.62. The zero-order valence-electron chi connectivity index (χ0n) is 8.37. The van der Waals surface area contributed by atoms with Crippen LogP contribution in [-0.4, -0.2) is 25.0 Å². The molecule has 2 N–H and O–H groups in total. The third-order valence-electron chi connectivity index (χ3n) is 1.99. The first kappa shape index (κ1) is 10.5. The largest absolute Gasteiger partial charge is 0.370 e. The first-order chi connectivity index (χ1) is 6.65. The van der Waals surface area contributed by atoms with Crippen molar-refractivity contribution >= 4 is 5.96 Å². The number of nitrogens with zero attached hydrogens (tertiary/aromatic N) is 2. The van der Waals surface area contributed by atoms with Gasteiger partial charge in [-0.15, -0.1) is 0 Å². The topological polar surface area (TPSA) is 41.6 Å². The summed E-state index contributed by atoms with van der Waals surface area (Å²) in [5, 5.41) is 0. The van der Waals surface area contributed by atoms with E-state index in [0.29, 0.717) is 18.1 Å². The number of hydrogen-bond acceptors (Lipinski definition) is 1. The second-order valence-corrected chi connectivity index (χ2v) is 3.03. The Morgan fingerprint density at radius 1 is 1.50 bits per heavy atom. The average molecular weight is 195 g/mol. The predicted molar refractivity (Wildman–Crippen MR) is 55.4 cm³/mol. The third-order valence-corrected chi connectivity index (χ3v) is 1.99. The summed E-state index contributed by atoms with van der Waals surface area (Å²) in [4.78, 5) is 5.51. The standard InChI is InChI=1S/C10H14FN3/c1-13-10(12)14(2)7-8-5-3-4-6-9(8)11/h3-6H,7H2,1-2H3,(H2,12,13). The number of halogens is 1. The van der Waals surface area contributed by atoms with Crippen LogP contribution < -0.4 is 5.73 Å². The molecule has 0 aliphatic carbocycles. The molecular weight excluding hydrogens is 181 g/mol. The number of rotatable bonds is 2. The van der Waals surface area contributed by atoms with E-state index in [2.05, 4.69) is 4.99 Å². The molecule has 0 aromatic heterocycles. The lowest BCUT2D eigenvalue weighted by Gasteiger charge is -2.17. The van der Waals surface area contributed by atoms with Crippen molar-refractivity contribution in [3.8, 4) is 0 Å². The minimum atomic E-state index is -0.219. The Morgan fingerprint density at radius 3 is 2.71 bits per heavy atom. The predicted octanol–water partition coefficient (Wildman–Crippen LogP) is 1.20. The van der Waals surface area contributed by atoms with Crippen molar-refractivity contribution in [2.24, 2.45) is 10.7 Å². The monoisotopic (exact) mass is 195 g/mol. The van der Waals surface area contributed by atoms with Crippen molar-refractivity contribution < 1.29 is 4.39 Å². The van der Waals surface area contributed by atoms with Gasteiger partial charge in [0.15, 0.2) is 5.96 Å². The number of guanidine groups is 1. The maximum atomic E-state index is 13.2. The fourth-order valence-electron chi connectivity index (χ4n) is 1.13. The van der Waals surface area contributed by atoms with E-state index in [9.17, 15) is 4.39 Å². The molecule has 0 atom stereocenters. The molecule has 1 aromatic rings. The van der Waals surface area contributed by atoms with Crippen molar-refractivity contribution in [3.05, 3.63) is 35.6 Å². The lowest BCUT2D eigenvalue weighted by molar-refractivity contribution is 0.474. The van der Waals surface area contributed by atoms with E-state index < -0.39 is 0 Å². The SMILES string of the molecule is CN=C(N)N(C)Cc1ccccc1F. The van der Waals surface area contributed by atoms with E-state index in [1.807, 2.05) is 0 Å². The third kappa shape index (κ3) is 2.45. The number of nitrogens with two attached hydrogens (primary N) is 1. The van der Waals surface area contributed by atoms with Crippen molar-refractivity contribution in [1.82, 2.24) is 4.90 Å². The molecular formula is C10H14FN3. The summed E-state index contributed by atoms with van der Waals surface area (Å²) < 4.78 is 13.2. The highest BCUT2D eigenvalue weighted by Crippen LogP contribution is 2.08. The molecule has 0 aliphatic heterocycles. The molecule has 0 spiro atoms. The molecule has 4 heteroatoms. The molecule has 0 fully saturated rings. The van der Waals surface area contributed by atoms with Crippen molar-refractivity contribution in [1.29, 1.82) is 0 Å². The summed E-state index contributed by atoms with van der Waals surface area (Å²) >= 11 is 0. The Labute approximate surface area is 83.1 Å². The van der Waals surface area contributed by atoms with Gasteiger partial charge in [-0.1, -0.05) is 18.2 Å². The highest BCUT2D eigenvalue weighted by Gasteiger charge is 2.05. The van der Waals surface area contributed by atoms with E-state index >= 15 is 0 Å². The van der Waals surface area contributed by atoms with Crippen LogP contribution in [0.25, 0.3) is 0 Å². The Bertz CT molecular complexity index is 336. The minimum Gasteiger partial charge on any atom is -0.370 e. The smallest absolute Gasteiger partial charge is 0.191 e. The average Bonchev–Trinajstić information content (AvgIpc) is 2.20. The lowest BCUT2D eigenvalue weighted by atomic mass is 10.2. The maximum absolute atomic E-state index is 13.2. The zero-order chi connectivity index (χ0) is 10.6. The van der Waals surface area contributed by atoms with Crippen LogP contribution in [0, 0.1) is 5.82 Å². The molecule has 0 heterocycles. The Kier molecular flexibility index (Phi) is 3.45. The molecule has 0 bridgehead atoms. The van der Waals surface area contributed by atoms with Crippen molar-refractivity contribution in [3.63, 3.8) is 0 Å². The van der Waals surface area contributed by atoms with Crippen molar-refractivity contribution in [2.45, 2.75) is 6.54 Å². The van der Waals surface area contributed by atoms with Gasteiger partial charge < -0.3 is 10.6 Å². The molecule has 0 unspecified atom stereocenters. The second kappa shape index (κ2) is 4.60. The summed E-state index contributed by atoms with van der Waals surface area (Å²) in [7, 11) is 3.38. The van der Waals surface area contributed by atoms with E-state index in [0.717, 1.165) is 0 Å². The van der Waals surface area contributed by atoms with Gasteiger partial charge >= 0.3 is 0 Å². The number of aliphatic imine (C=N–C) groups is 1. The lowest BCUT2D eigenvalue weighted by Crippen LogP contribution is -2.33. The van der Waals surface area contributed by atoms with Crippen LogP contribution in [0.5, 0.6) is 0 Å². The van der Waals surface area contributed by atoms with Gasteiger partial charge in [-0.05, 0) is 6.07 Å². The van der Waals surface area contributed by atoms with Gasteiger partial charge in [-0.25, -0.2) is 4.39 Å². The molecule has 0 saturated carbocycles. The number of benzene rings is 1. The molecule has 76 valence electrons. The Hall–Kier alpha value is -1.58. The molecule has 1 aromatic carbocycles. The minimum absolute atomic E-state index is 0.219. The fourth-order valence-corrected chi connectivity index (χ4v) is 1.13. The first-order valence-corrected chi connectivity index (χ1v) is 4.32. The molecule has 0 aliphatic rings. The van der Waals surface area contributed by atoms with Gasteiger partial charge in [0.25, 0.3) is 0 Å². The van der Waals surface area contributed by atoms with Crippen LogP contribution in [0.3, 0.4) is 0 Å². The first-order valence-electron chi connectivity index (χ1n) is 4.32. The fraction of sp³-hybridized carbons (Fsp3) is 0.300. The van der Waals surface area contributed by atoms with Crippen LogP contribution in [0.4, 0.5) is 4.39 Å². The van der Waals surface area contributed by atoms with Crippen LogP contribution in [0.2, 0.25) is 0 Å². The van der Waals surface area contributed by atoms with E-state index in [1.165, 1.54) is 6.07 Å². The molecule has 14 heavy (non-hydrogen) atoms. The van der Waals surface area contributed by atoms with Gasteiger partial charge in [0.1, 0.15) is 5.82 Å². The van der Waals surface area contributed by atoms with E-state index in [-0.39, 0.29) is 5.82 Å². The summed E-state index contributed by atoms with van der Waals surface area (Å²) in [5.74, 6) is 0.177. The van der Waals surface area contributed by atoms with Crippen LogP contribution in [-0.2, 0) is 6.54 Å². The van der Waals surface area contributed by atoms with Gasteiger partial charge in [0.2, 0.25) is 0 Å². The zero-order valence-corrected chi connectivity index (χ0v) is 8.37. The summed E-state index contributed by atoms with van der Waals surface area (Å²) in [6.45, 7) is 0.426. The molecule has 0 radical (unpaired) electrons. The van der Waals surface area contributed by atoms with Crippen molar-refractivity contribution in [2.75, 3.05) is 14.1 Å². The van der Waals surface area contributed by atoms with E-state index in [1.54, 1.807) is 37.2 Å². The van der Waals surface area contributed by atoms with E-state index in [4.69, 9.17) is 5.73 Å². The van der Waals surface area contributed by atoms with Crippen LogP contribution >= 0.6 is 0 Å². The summed E-state index contributed by atoms with van der Waals surface area (Å²) in [6.07, 6.45) is 0. The number of hydrogen-bond donors (Lipinski definition) is 1. The molecule has 0 saturated heterocycles. The summed E-state index contributed by atoms with van der Waals surface area (Å²) in [5.41, 5.74) is 6.18. The normalized spacial score (nSPS) is 11.5. The maximum Gasteiger partial charge on any atom is 0.191 e. The Morgan fingerprint density at radius 2 is 2.14 bits per heavy atom. The molecule has 1 rings (SSSR count). The Balaban J connectivity index is 2.74. The van der Waals surface area contributed by atoms with Gasteiger partial charge in [-0.2, -0.15) is 0 Å². The van der Waals surface area contributed by atoms with Gasteiger partial charge in [0.05, 0.1) is 0 Å². The molecule has 3 nitrogen and oxygen atoms in total.